The summed E-state index contributed by atoms with van der Waals surface area (Å²) in [5, 5.41) is -11.8. The first kappa shape index (κ1) is 117. The second-order valence-corrected chi connectivity index (χ2v) is 52.1. The van der Waals surface area contributed by atoms with Crippen LogP contribution < -0.4 is 11.1 Å². The number of hydrogen-bond donors (Lipinski definition) is 2. The molecule has 3 saturated heterocycles. The van der Waals surface area contributed by atoms with Crippen molar-refractivity contribution in [1.82, 2.24) is 9.21 Å². The predicted octanol–water partition coefficient (Wildman–Crippen LogP) is 16.9. The first-order chi connectivity index (χ1) is 56.3. The minimum atomic E-state index is -7.88. The third-order valence-corrected chi connectivity index (χ3v) is 37.1. The second kappa shape index (κ2) is 52.5. The summed E-state index contributed by atoms with van der Waals surface area (Å²) in [5.41, 5.74) is -0.511. The number of benzene rings is 3. The molecule has 0 atom stereocenters. The second-order valence-electron chi connectivity index (χ2n) is 32.5. The van der Waals surface area contributed by atoms with Gasteiger partial charge in [0.25, 0.3) is 10.0 Å². The Balaban J connectivity index is 0.000000760. The van der Waals surface area contributed by atoms with Crippen LogP contribution in [0.25, 0.3) is 12.4 Å². The van der Waals surface area contributed by atoms with Gasteiger partial charge in [-0.3, -0.25) is 19.7 Å². The average molecular weight is 1960 g/mol. The molecule has 45 heteroatoms. The summed E-state index contributed by atoms with van der Waals surface area (Å²) >= 11 is 0. The van der Waals surface area contributed by atoms with Crippen molar-refractivity contribution >= 4 is 138 Å². The molecular weight excluding hydrogens is 1830 g/mol. The molecule has 3 aliphatic rings. The summed E-state index contributed by atoms with van der Waals surface area (Å²) in [4.78, 5) is 48.1. The highest BCUT2D eigenvalue weighted by Crippen LogP contribution is 2.54. The van der Waals surface area contributed by atoms with Gasteiger partial charge < -0.3 is 27.8 Å². The number of hydrogen-bond acceptors (Lipinski definition) is 21. The van der Waals surface area contributed by atoms with Gasteiger partial charge in [0, 0.05) is 75.2 Å². The van der Waals surface area contributed by atoms with Crippen LogP contribution in [0, 0.1) is 10.8 Å². The Bertz CT molecular complexity index is 4500. The Kier molecular flexibility index (Phi) is 49.7. The predicted molar refractivity (Wildman–Crippen MR) is 477 cm³/mol. The normalized spacial score (nSPS) is 15.5. The number of unbranched alkanes of at least 4 members (excludes halogenated alkanes) is 12. The van der Waals surface area contributed by atoms with Gasteiger partial charge in [0.05, 0.1) is 20.0 Å². The lowest BCUT2D eigenvalue weighted by Gasteiger charge is -2.39. The first-order valence-electron chi connectivity index (χ1n) is 40.4. The van der Waals surface area contributed by atoms with E-state index < -0.39 is 117 Å². The number of nitrogens with two attached hydrogens (primary N) is 1. The number of anilines is 2. The summed E-state index contributed by atoms with van der Waals surface area (Å²) in [6.07, 6.45) is 20.4. The fraction of sp³-hybridized carbons (Fsp3) is 0.718. The van der Waals surface area contributed by atoms with E-state index in [4.69, 9.17) is 10.5 Å². The Hall–Kier alpha value is -4.39. The molecule has 3 heterocycles. The number of sulfonamides is 7. The standard InChI is InChI=1S/C19H31N2O6S2.C16H25OS.C14H23N2O4S2.2C10H19OS.C9H11F9N3O6S3/c1-5-6-7-8-9-10-15-28(23,24)21-29(25,26)17-13-11-16(12-14-17)20-18(22)27-19(2,3)4;1-3-5-12-18(13-6-4-2)14-16(17)15-10-8-7-9-11-15;1-2-3-4-5-6-7-12-21(17,18)16-22(19,20)14-10-8-13(15)9-11-14;2*1-10(2,3)9(11)8-12-6-4-5-7-12;1-20-2-4-21(5-3-20)30(26,27)8(14,15)6(10,11)7(12,13)28(22,23)19-29(24,25)9(16,17)18/h11-14H,5-10,15H2,1-4H3,(H,20,22);7-11H,3-6,12-14H2,1-2H3;8-11H,2-7,12,15H2,1H3;2*4-8H2,1-3H3;2-5H2,1H3/q-1;+1;-1;2*+1;-1. The van der Waals surface area contributed by atoms with E-state index in [-0.39, 0.29) is 49.5 Å². The van der Waals surface area contributed by atoms with Crippen molar-refractivity contribution in [2.45, 2.75) is 256 Å². The molecule has 0 aromatic heterocycles. The number of ketones is 3. The van der Waals surface area contributed by atoms with Crippen LogP contribution in [-0.4, -0.2) is 216 Å². The molecule has 0 aliphatic carbocycles. The Morgan fingerprint density at radius 2 is 0.837 bits per heavy atom. The first-order valence-corrected chi connectivity index (χ1v) is 56.0. The molecule has 0 bridgehead atoms. The van der Waals surface area contributed by atoms with Crippen molar-refractivity contribution < 1.29 is 122 Å². The topological polar surface area (TPSA) is 403 Å². The number of nitrogens with zero attached hydrogens (tertiary/aromatic N) is 5. The number of rotatable bonds is 41. The van der Waals surface area contributed by atoms with Crippen molar-refractivity contribution in [2.75, 3.05) is 108 Å². The molecule has 26 nitrogen and oxygen atoms in total. The third kappa shape index (κ3) is 42.8. The van der Waals surface area contributed by atoms with Gasteiger partial charge in [-0.15, -0.1) is 0 Å². The van der Waals surface area contributed by atoms with Crippen LogP contribution in [0.5, 0.6) is 0 Å². The van der Waals surface area contributed by atoms with Gasteiger partial charge in [-0.1, -0.05) is 177 Å². The summed E-state index contributed by atoms with van der Waals surface area (Å²) in [6.45, 7) is 23.5. The van der Waals surface area contributed by atoms with Gasteiger partial charge >= 0.3 is 28.0 Å². The van der Waals surface area contributed by atoms with Crippen LogP contribution in [0.15, 0.2) is 88.7 Å². The highest BCUT2D eigenvalue weighted by Gasteiger charge is 2.81. The van der Waals surface area contributed by atoms with E-state index in [1.807, 2.05) is 71.9 Å². The zero-order valence-corrected chi connectivity index (χ0v) is 81.0. The van der Waals surface area contributed by atoms with E-state index in [9.17, 15) is 118 Å². The smallest absolute Gasteiger partial charge is 0.444 e. The van der Waals surface area contributed by atoms with Crippen LogP contribution in [0.3, 0.4) is 0 Å². The molecule has 3 aromatic carbocycles. The maximum Gasteiger partial charge on any atom is 0.480 e. The molecular formula is C78H128F9N7O19S10. The largest absolute Gasteiger partial charge is 0.480 e. The van der Waals surface area contributed by atoms with Crippen LogP contribution >= 0.6 is 0 Å². The Labute approximate surface area is 734 Å². The maximum absolute atomic E-state index is 14.0. The van der Waals surface area contributed by atoms with E-state index in [2.05, 4.69) is 41.3 Å². The minimum absolute atomic E-state index is 0.115. The SMILES string of the molecule is CC(C)(C)C(=O)C[S+]1CCCC1.CC(C)(C)C(=O)C[S+]1CCCC1.CCCCCCCCS(=O)(=O)[N-]S(=O)(=O)c1ccc(N)cc1.CCCCCCCCS(=O)(=O)[N-]S(=O)(=O)c1ccc(NC(=O)OC(C)(C)C)cc1.CCCC[S+](CCCC)CC(=O)c1ccccc1.CN1CCN(S(=O)(=O)C(F)(F)C(F)(F)C(F)(F)S(=O)(=O)[N-]S(=O)(=O)C(F)(F)F)CC1. The van der Waals surface area contributed by atoms with E-state index >= 15 is 0 Å². The summed E-state index contributed by atoms with van der Waals surface area (Å²) < 4.78 is 294. The molecule has 0 radical (unpaired) electrons. The summed E-state index contributed by atoms with van der Waals surface area (Å²) in [7, 11) is -36.0. The fourth-order valence-electron chi connectivity index (χ4n) is 10.6. The minimum Gasteiger partial charge on any atom is -0.444 e. The molecule has 6 rings (SSSR count). The van der Waals surface area contributed by atoms with Gasteiger partial charge in [-0.05, 0) is 160 Å². The highest BCUT2D eigenvalue weighted by molar-refractivity contribution is 8.13. The zero-order chi connectivity index (χ0) is 94.6. The molecule has 0 spiro atoms. The lowest BCUT2D eigenvalue weighted by Crippen LogP contribution is -2.64. The number of ether oxygens (including phenoxy) is 1. The molecule has 0 saturated carbocycles. The third-order valence-electron chi connectivity index (χ3n) is 18.2. The molecule has 712 valence electrons. The van der Waals surface area contributed by atoms with Crippen LogP contribution in [-0.2, 0) is 117 Å². The Morgan fingerprint density at radius 1 is 0.472 bits per heavy atom. The lowest BCUT2D eigenvalue weighted by molar-refractivity contribution is -0.244. The van der Waals surface area contributed by atoms with Crippen LogP contribution in [0.1, 0.15) is 229 Å². The van der Waals surface area contributed by atoms with Gasteiger partial charge in [0.1, 0.15) is 60.2 Å². The summed E-state index contributed by atoms with van der Waals surface area (Å²) in [6, 6.07) is 20.1. The number of carbonyl (C=O) groups is 4. The number of carbonyl (C=O) groups excluding carboxylic acids is 4. The van der Waals surface area contributed by atoms with Gasteiger partial charge in [0.2, 0.25) is 5.78 Å². The number of nitrogen functional groups attached to an aromatic ring is 1. The van der Waals surface area contributed by atoms with E-state index in [1.165, 1.54) is 146 Å². The molecule has 3 aromatic rings. The monoisotopic (exact) mass is 1960 g/mol. The molecule has 0 unspecified atom stereocenters. The fourth-order valence-corrected chi connectivity index (χ4v) is 27.5. The number of amides is 1. The zero-order valence-electron chi connectivity index (χ0n) is 72.8. The number of piperazine rings is 1. The van der Waals surface area contributed by atoms with Crippen molar-refractivity contribution in [2.24, 2.45) is 10.8 Å². The van der Waals surface area contributed by atoms with Gasteiger partial charge in [0.15, 0.2) is 48.9 Å². The highest BCUT2D eigenvalue weighted by atomic mass is 32.3. The number of Topliss-reactive ketones (excluding diaryl/α,β-unsaturated/α-hetero) is 3. The number of likely N-dealkylation sites (N-methyl/N-ethyl adjacent to an activating group) is 1. The number of alkyl halides is 9. The van der Waals surface area contributed by atoms with Crippen molar-refractivity contribution in [1.29, 1.82) is 0 Å². The molecule has 123 heavy (non-hydrogen) atoms. The van der Waals surface area contributed by atoms with Crippen molar-refractivity contribution in [3.05, 3.63) is 96.8 Å². The average Bonchev–Trinajstić information content (AvgIpc) is 0.942. The number of halogens is 9. The van der Waals surface area contributed by atoms with Gasteiger partial charge in [-0.2, -0.15) is 43.8 Å². The summed E-state index contributed by atoms with van der Waals surface area (Å²) in [5.74, 6) is 3.41. The van der Waals surface area contributed by atoms with Crippen molar-refractivity contribution in [3.63, 3.8) is 0 Å². The maximum atomic E-state index is 14.0. The molecule has 3 fully saturated rings. The van der Waals surface area contributed by atoms with Crippen LogP contribution in [0.4, 0.5) is 55.7 Å². The van der Waals surface area contributed by atoms with Crippen molar-refractivity contribution in [3.8, 4) is 0 Å². The number of nitrogens with one attached hydrogen (secondary N) is 1. The van der Waals surface area contributed by atoms with Crippen LogP contribution in [0.2, 0.25) is 0 Å². The van der Waals surface area contributed by atoms with Gasteiger partial charge in [-0.25, -0.2) is 63.7 Å². The molecule has 3 aliphatic heterocycles. The van der Waals surface area contributed by atoms with E-state index in [0.29, 0.717) is 78.4 Å². The lowest BCUT2D eigenvalue weighted by atomic mass is 9.92. The quantitative estimate of drug-likeness (QED) is 0.0175. The molecule has 3 N–H and O–H groups in total. The van der Waals surface area contributed by atoms with E-state index in [0.717, 1.165) is 87.0 Å². The van der Waals surface area contributed by atoms with E-state index in [1.54, 1.807) is 20.8 Å². The Morgan fingerprint density at radius 3 is 1.20 bits per heavy atom. The molecule has 1 amide bonds.